The van der Waals surface area contributed by atoms with Crippen LogP contribution < -0.4 is 11.1 Å². The van der Waals surface area contributed by atoms with Crippen molar-refractivity contribution in [3.8, 4) is 0 Å². The fourth-order valence-corrected chi connectivity index (χ4v) is 2.47. The van der Waals surface area contributed by atoms with E-state index in [-0.39, 0.29) is 0 Å². The Morgan fingerprint density at radius 2 is 1.93 bits per heavy atom. The first kappa shape index (κ1) is 12.9. The molecule has 0 radical (unpaired) electrons. The lowest BCUT2D eigenvalue weighted by molar-refractivity contribution is 0.282. The summed E-state index contributed by atoms with van der Waals surface area (Å²) in [4.78, 5) is 0. The van der Waals surface area contributed by atoms with Crippen LogP contribution in [-0.4, -0.2) is 30.8 Å². The molecule has 0 aromatic heterocycles. The second-order valence-electron chi connectivity index (χ2n) is 4.63. The Bertz CT molecular complexity index is 153. The summed E-state index contributed by atoms with van der Waals surface area (Å²) in [5, 5.41) is 12.2. The van der Waals surface area contributed by atoms with Crippen LogP contribution in [-0.2, 0) is 0 Å². The highest BCUT2D eigenvalue weighted by molar-refractivity contribution is 4.83. The van der Waals surface area contributed by atoms with Crippen molar-refractivity contribution in [2.45, 2.75) is 51.0 Å². The molecule has 15 heavy (non-hydrogen) atoms. The molecule has 0 spiro atoms. The van der Waals surface area contributed by atoms with E-state index in [1.54, 1.807) is 0 Å². The molecule has 1 fully saturated rings. The van der Waals surface area contributed by atoms with Crippen LogP contribution in [0.2, 0.25) is 0 Å². The quantitative estimate of drug-likeness (QED) is 0.533. The number of unbranched alkanes of at least 4 members (excludes halogenated alkanes) is 3. The van der Waals surface area contributed by atoms with Crippen molar-refractivity contribution in [1.82, 2.24) is 5.32 Å². The highest BCUT2D eigenvalue weighted by Gasteiger charge is 2.24. The van der Waals surface area contributed by atoms with Gasteiger partial charge in [-0.1, -0.05) is 19.3 Å². The van der Waals surface area contributed by atoms with E-state index in [1.165, 1.54) is 32.1 Å². The number of nitrogens with one attached hydrogen (secondary N) is 1. The van der Waals surface area contributed by atoms with Gasteiger partial charge in [0.1, 0.15) is 0 Å². The molecular formula is C12H26N2O. The predicted molar refractivity (Wildman–Crippen MR) is 63.7 cm³/mol. The Labute approximate surface area is 93.4 Å². The lowest BCUT2D eigenvalue weighted by atomic mass is 10.0. The van der Waals surface area contributed by atoms with E-state index >= 15 is 0 Å². The highest BCUT2D eigenvalue weighted by Crippen LogP contribution is 2.24. The summed E-state index contributed by atoms with van der Waals surface area (Å²) in [6.07, 6.45) is 8.51. The number of hydrogen-bond donors (Lipinski definition) is 3. The molecule has 2 atom stereocenters. The summed E-state index contributed by atoms with van der Waals surface area (Å²) < 4.78 is 0. The highest BCUT2D eigenvalue weighted by atomic mass is 16.2. The molecule has 3 heteroatoms. The molecule has 1 aliphatic rings. The second-order valence-corrected chi connectivity index (χ2v) is 4.63. The molecule has 3 nitrogen and oxygen atoms in total. The molecule has 0 saturated heterocycles. The zero-order valence-electron chi connectivity index (χ0n) is 9.75. The summed E-state index contributed by atoms with van der Waals surface area (Å²) in [5.41, 5.74) is 5.73. The van der Waals surface area contributed by atoms with Crippen LogP contribution in [0.3, 0.4) is 0 Å². The van der Waals surface area contributed by atoms with Crippen molar-refractivity contribution >= 4 is 0 Å². The summed E-state index contributed by atoms with van der Waals surface area (Å²) in [6, 6.07) is 0.674. The Morgan fingerprint density at radius 3 is 2.67 bits per heavy atom. The number of aliphatic hydroxyl groups is 1. The first-order valence-corrected chi connectivity index (χ1v) is 6.42. The van der Waals surface area contributed by atoms with Crippen molar-refractivity contribution in [3.05, 3.63) is 0 Å². The third-order valence-corrected chi connectivity index (χ3v) is 3.45. The summed E-state index contributed by atoms with van der Waals surface area (Å²) >= 11 is 0. The van der Waals surface area contributed by atoms with Crippen LogP contribution in [0.15, 0.2) is 0 Å². The van der Waals surface area contributed by atoms with Crippen LogP contribution in [0.1, 0.15) is 44.9 Å². The molecule has 0 heterocycles. The minimum atomic E-state index is 0.339. The number of hydrogen-bond acceptors (Lipinski definition) is 3. The predicted octanol–water partition coefficient (Wildman–Crippen LogP) is 1.26. The zero-order chi connectivity index (χ0) is 10.9. The lowest BCUT2D eigenvalue weighted by Gasteiger charge is -2.19. The Balaban J connectivity index is 1.95. The minimum absolute atomic E-state index is 0.339. The SMILES string of the molecule is NCC1CCCC1NCCCCCCO. The van der Waals surface area contributed by atoms with Crippen LogP contribution in [0.25, 0.3) is 0 Å². The average molecular weight is 214 g/mol. The maximum atomic E-state index is 8.63. The lowest BCUT2D eigenvalue weighted by Crippen LogP contribution is -2.36. The van der Waals surface area contributed by atoms with Gasteiger partial charge in [0.2, 0.25) is 0 Å². The molecule has 0 aromatic carbocycles. The number of rotatable bonds is 8. The van der Waals surface area contributed by atoms with Gasteiger partial charge in [0.05, 0.1) is 0 Å². The Kier molecular flexibility index (Phi) is 6.98. The molecule has 1 saturated carbocycles. The topological polar surface area (TPSA) is 58.3 Å². The van der Waals surface area contributed by atoms with Gasteiger partial charge in [0.25, 0.3) is 0 Å². The zero-order valence-corrected chi connectivity index (χ0v) is 9.75. The van der Waals surface area contributed by atoms with Gasteiger partial charge in [-0.25, -0.2) is 0 Å². The first-order chi connectivity index (χ1) is 7.38. The minimum Gasteiger partial charge on any atom is -0.396 e. The number of aliphatic hydroxyl groups excluding tert-OH is 1. The third-order valence-electron chi connectivity index (χ3n) is 3.45. The maximum absolute atomic E-state index is 8.63. The Morgan fingerprint density at radius 1 is 1.13 bits per heavy atom. The molecule has 0 bridgehead atoms. The summed E-state index contributed by atoms with van der Waals surface area (Å²) in [5.74, 6) is 0.711. The average Bonchev–Trinajstić information content (AvgIpc) is 2.70. The van der Waals surface area contributed by atoms with Gasteiger partial charge >= 0.3 is 0 Å². The van der Waals surface area contributed by atoms with Gasteiger partial charge in [0, 0.05) is 12.6 Å². The van der Waals surface area contributed by atoms with E-state index in [0.29, 0.717) is 18.6 Å². The molecule has 1 rings (SSSR count). The van der Waals surface area contributed by atoms with E-state index in [4.69, 9.17) is 10.8 Å². The molecule has 0 amide bonds. The van der Waals surface area contributed by atoms with Crippen molar-refractivity contribution in [2.24, 2.45) is 11.7 Å². The fourth-order valence-electron chi connectivity index (χ4n) is 2.47. The van der Waals surface area contributed by atoms with Crippen molar-refractivity contribution in [1.29, 1.82) is 0 Å². The molecular weight excluding hydrogens is 188 g/mol. The van der Waals surface area contributed by atoms with Crippen LogP contribution >= 0.6 is 0 Å². The van der Waals surface area contributed by atoms with Crippen molar-refractivity contribution in [2.75, 3.05) is 19.7 Å². The van der Waals surface area contributed by atoms with Crippen LogP contribution in [0, 0.1) is 5.92 Å². The largest absolute Gasteiger partial charge is 0.396 e. The van der Waals surface area contributed by atoms with Gasteiger partial charge in [-0.05, 0) is 44.7 Å². The third kappa shape index (κ3) is 4.96. The van der Waals surface area contributed by atoms with Gasteiger partial charge in [0.15, 0.2) is 0 Å². The monoisotopic (exact) mass is 214 g/mol. The van der Waals surface area contributed by atoms with E-state index < -0.39 is 0 Å². The van der Waals surface area contributed by atoms with Gasteiger partial charge in [-0.2, -0.15) is 0 Å². The van der Waals surface area contributed by atoms with Crippen molar-refractivity contribution in [3.63, 3.8) is 0 Å². The van der Waals surface area contributed by atoms with Gasteiger partial charge in [-0.15, -0.1) is 0 Å². The van der Waals surface area contributed by atoms with E-state index in [9.17, 15) is 0 Å². The molecule has 0 aliphatic heterocycles. The molecule has 2 unspecified atom stereocenters. The standard InChI is InChI=1S/C12H26N2O/c13-10-11-6-5-7-12(11)14-8-3-1-2-4-9-15/h11-12,14-15H,1-10,13H2. The molecule has 1 aliphatic carbocycles. The van der Waals surface area contributed by atoms with E-state index in [1.807, 2.05) is 0 Å². The molecule has 4 N–H and O–H groups in total. The van der Waals surface area contributed by atoms with E-state index in [0.717, 1.165) is 25.9 Å². The molecule has 90 valence electrons. The summed E-state index contributed by atoms with van der Waals surface area (Å²) in [6.45, 7) is 2.29. The first-order valence-electron chi connectivity index (χ1n) is 6.42. The smallest absolute Gasteiger partial charge is 0.0431 e. The van der Waals surface area contributed by atoms with Crippen LogP contribution in [0.5, 0.6) is 0 Å². The number of nitrogens with two attached hydrogens (primary N) is 1. The van der Waals surface area contributed by atoms with Crippen molar-refractivity contribution < 1.29 is 5.11 Å². The molecule has 0 aromatic rings. The van der Waals surface area contributed by atoms with Crippen LogP contribution in [0.4, 0.5) is 0 Å². The maximum Gasteiger partial charge on any atom is 0.0431 e. The Hall–Kier alpha value is -0.120. The second kappa shape index (κ2) is 8.08. The van der Waals surface area contributed by atoms with E-state index in [2.05, 4.69) is 5.32 Å². The van der Waals surface area contributed by atoms with Gasteiger partial charge < -0.3 is 16.2 Å². The normalized spacial score (nSPS) is 26.0. The summed E-state index contributed by atoms with van der Waals surface area (Å²) in [7, 11) is 0. The van der Waals surface area contributed by atoms with Gasteiger partial charge in [-0.3, -0.25) is 0 Å². The fraction of sp³-hybridized carbons (Fsp3) is 1.00.